The van der Waals surface area contributed by atoms with Crippen molar-refractivity contribution in [3.05, 3.63) is 52.4 Å². The number of nitrogens with one attached hydrogen (secondary N) is 1. The fourth-order valence-corrected chi connectivity index (χ4v) is 1.94. The molecule has 3 heteroatoms. The van der Waals surface area contributed by atoms with Gasteiger partial charge in [-0.15, -0.1) is 0 Å². The molecule has 1 atom stereocenters. The molecule has 1 N–H and O–H groups in total. The molecule has 2 nitrogen and oxygen atoms in total. The highest BCUT2D eigenvalue weighted by Crippen LogP contribution is 2.23. The van der Waals surface area contributed by atoms with Crippen molar-refractivity contribution in [1.82, 2.24) is 0 Å². The van der Waals surface area contributed by atoms with E-state index < -0.39 is 0 Å². The Bertz CT molecular complexity index is 478. The van der Waals surface area contributed by atoms with E-state index >= 15 is 0 Å². The second kappa shape index (κ2) is 4.74. The van der Waals surface area contributed by atoms with Crippen LogP contribution >= 0.6 is 15.9 Å². The van der Waals surface area contributed by atoms with E-state index in [-0.39, 0.29) is 6.04 Å². The average Bonchev–Trinajstić information content (AvgIpc) is 2.65. The summed E-state index contributed by atoms with van der Waals surface area (Å²) in [5, 5.41) is 3.40. The predicted octanol–water partition coefficient (Wildman–Crippen LogP) is 4.52. The van der Waals surface area contributed by atoms with Gasteiger partial charge in [0.05, 0.1) is 6.04 Å². The number of hydrogen-bond acceptors (Lipinski definition) is 2. The first kappa shape index (κ1) is 11.3. The first-order valence-electron chi connectivity index (χ1n) is 5.23. The van der Waals surface area contributed by atoms with Crippen LogP contribution in [0.25, 0.3) is 0 Å². The molecule has 2 rings (SSSR count). The molecule has 0 saturated heterocycles. The lowest BCUT2D eigenvalue weighted by molar-refractivity contribution is 0.471. The van der Waals surface area contributed by atoms with E-state index in [1.165, 1.54) is 5.56 Å². The monoisotopic (exact) mass is 279 g/mol. The molecule has 1 heterocycles. The minimum absolute atomic E-state index is 0.160. The zero-order valence-corrected chi connectivity index (χ0v) is 10.9. The van der Waals surface area contributed by atoms with Crippen LogP contribution in [-0.2, 0) is 0 Å². The first-order chi connectivity index (χ1) is 7.65. The Balaban J connectivity index is 2.10. The predicted molar refractivity (Wildman–Crippen MR) is 69.6 cm³/mol. The summed E-state index contributed by atoms with van der Waals surface area (Å²) in [6, 6.07) is 12.3. The van der Waals surface area contributed by atoms with Gasteiger partial charge in [0, 0.05) is 5.69 Å². The zero-order valence-electron chi connectivity index (χ0n) is 9.33. The maximum atomic E-state index is 5.50. The van der Waals surface area contributed by atoms with Gasteiger partial charge in [-0.05, 0) is 59.6 Å². The summed E-state index contributed by atoms with van der Waals surface area (Å²) < 4.78 is 6.27. The van der Waals surface area contributed by atoms with E-state index in [2.05, 4.69) is 53.3 Å². The Hall–Kier alpha value is -1.22. The summed E-state index contributed by atoms with van der Waals surface area (Å²) in [7, 11) is 0. The molecule has 1 aromatic heterocycles. The maximum absolute atomic E-state index is 5.50. The molecule has 0 fully saturated rings. The third-order valence-corrected chi connectivity index (χ3v) is 2.85. The molecule has 0 aliphatic rings. The Labute approximate surface area is 104 Å². The van der Waals surface area contributed by atoms with E-state index in [0.717, 1.165) is 16.1 Å². The van der Waals surface area contributed by atoms with Gasteiger partial charge in [-0.25, -0.2) is 0 Å². The minimum atomic E-state index is 0.160. The number of benzene rings is 1. The van der Waals surface area contributed by atoms with Crippen molar-refractivity contribution in [3.8, 4) is 0 Å². The summed E-state index contributed by atoms with van der Waals surface area (Å²) in [4.78, 5) is 0. The fourth-order valence-electron chi connectivity index (χ4n) is 1.62. The fraction of sp³-hybridized carbons (Fsp3) is 0.231. The Morgan fingerprint density at radius 2 is 2.06 bits per heavy atom. The highest BCUT2D eigenvalue weighted by molar-refractivity contribution is 9.10. The Morgan fingerprint density at radius 3 is 2.69 bits per heavy atom. The highest BCUT2D eigenvalue weighted by Gasteiger charge is 2.09. The molecular weight excluding hydrogens is 266 g/mol. The molecular formula is C13H14BrNO. The standard InChI is InChI=1S/C13H14BrNO/c1-9-4-3-5-11(8-9)15-10(2)12-6-7-13(14)16-12/h3-8,10,15H,1-2H3. The highest BCUT2D eigenvalue weighted by atomic mass is 79.9. The van der Waals surface area contributed by atoms with Gasteiger partial charge < -0.3 is 9.73 Å². The van der Waals surface area contributed by atoms with Crippen molar-refractivity contribution >= 4 is 21.6 Å². The SMILES string of the molecule is Cc1cccc(NC(C)c2ccc(Br)o2)c1. The molecule has 0 aliphatic carbocycles. The molecule has 1 unspecified atom stereocenters. The number of rotatable bonds is 3. The van der Waals surface area contributed by atoms with Crippen LogP contribution in [-0.4, -0.2) is 0 Å². The smallest absolute Gasteiger partial charge is 0.169 e. The van der Waals surface area contributed by atoms with Gasteiger partial charge >= 0.3 is 0 Å². The van der Waals surface area contributed by atoms with Crippen LogP contribution in [0.4, 0.5) is 5.69 Å². The molecule has 0 radical (unpaired) electrons. The molecule has 0 saturated carbocycles. The van der Waals surface area contributed by atoms with Gasteiger partial charge in [-0.3, -0.25) is 0 Å². The summed E-state index contributed by atoms with van der Waals surface area (Å²) in [6.45, 7) is 4.16. The molecule has 84 valence electrons. The minimum Gasteiger partial charge on any atom is -0.452 e. The zero-order chi connectivity index (χ0) is 11.5. The van der Waals surface area contributed by atoms with Gasteiger partial charge in [0.15, 0.2) is 4.67 Å². The van der Waals surface area contributed by atoms with E-state index in [1.807, 2.05) is 18.2 Å². The van der Waals surface area contributed by atoms with Crippen LogP contribution in [0.15, 0.2) is 45.5 Å². The summed E-state index contributed by atoms with van der Waals surface area (Å²) in [5.74, 6) is 0.924. The number of hydrogen-bond donors (Lipinski definition) is 1. The second-order valence-electron chi connectivity index (χ2n) is 3.88. The van der Waals surface area contributed by atoms with Gasteiger partial charge in [-0.1, -0.05) is 12.1 Å². The van der Waals surface area contributed by atoms with E-state index in [9.17, 15) is 0 Å². The summed E-state index contributed by atoms with van der Waals surface area (Å²) >= 11 is 3.30. The quantitative estimate of drug-likeness (QED) is 0.894. The van der Waals surface area contributed by atoms with Crippen LogP contribution in [0.3, 0.4) is 0 Å². The van der Waals surface area contributed by atoms with Gasteiger partial charge in [-0.2, -0.15) is 0 Å². The van der Waals surface area contributed by atoms with Crippen molar-refractivity contribution in [2.24, 2.45) is 0 Å². The Kier molecular flexibility index (Phi) is 3.34. The lowest BCUT2D eigenvalue weighted by atomic mass is 10.2. The van der Waals surface area contributed by atoms with Gasteiger partial charge in [0.2, 0.25) is 0 Å². The molecule has 0 spiro atoms. The number of furan rings is 1. The van der Waals surface area contributed by atoms with Gasteiger partial charge in [0.25, 0.3) is 0 Å². The summed E-state index contributed by atoms with van der Waals surface area (Å²) in [5.41, 5.74) is 2.36. The molecule has 0 amide bonds. The second-order valence-corrected chi connectivity index (χ2v) is 4.66. The lowest BCUT2D eigenvalue weighted by Crippen LogP contribution is -2.05. The van der Waals surface area contributed by atoms with E-state index in [4.69, 9.17) is 4.42 Å². The topological polar surface area (TPSA) is 25.2 Å². The number of anilines is 1. The van der Waals surface area contributed by atoms with Crippen LogP contribution in [0, 0.1) is 6.92 Å². The molecule has 0 bridgehead atoms. The molecule has 2 aromatic rings. The van der Waals surface area contributed by atoms with Crippen molar-refractivity contribution in [3.63, 3.8) is 0 Å². The number of aryl methyl sites for hydroxylation is 1. The number of halogens is 1. The van der Waals surface area contributed by atoms with Crippen LogP contribution in [0.2, 0.25) is 0 Å². The average molecular weight is 280 g/mol. The maximum Gasteiger partial charge on any atom is 0.169 e. The van der Waals surface area contributed by atoms with Crippen molar-refractivity contribution < 1.29 is 4.42 Å². The van der Waals surface area contributed by atoms with Gasteiger partial charge in [0.1, 0.15) is 5.76 Å². The van der Waals surface area contributed by atoms with E-state index in [1.54, 1.807) is 0 Å². The molecule has 0 aliphatic heterocycles. The normalized spacial score (nSPS) is 12.4. The third-order valence-electron chi connectivity index (χ3n) is 2.42. The Morgan fingerprint density at radius 1 is 1.25 bits per heavy atom. The largest absolute Gasteiger partial charge is 0.452 e. The van der Waals surface area contributed by atoms with E-state index in [0.29, 0.717) is 0 Å². The first-order valence-corrected chi connectivity index (χ1v) is 6.03. The van der Waals surface area contributed by atoms with Crippen LogP contribution in [0.1, 0.15) is 24.3 Å². The van der Waals surface area contributed by atoms with Crippen molar-refractivity contribution in [2.45, 2.75) is 19.9 Å². The molecule has 1 aromatic carbocycles. The third kappa shape index (κ3) is 2.67. The van der Waals surface area contributed by atoms with Crippen LogP contribution < -0.4 is 5.32 Å². The van der Waals surface area contributed by atoms with Crippen LogP contribution in [0.5, 0.6) is 0 Å². The summed E-state index contributed by atoms with van der Waals surface area (Å²) in [6.07, 6.45) is 0. The molecule has 16 heavy (non-hydrogen) atoms. The lowest BCUT2D eigenvalue weighted by Gasteiger charge is -2.13. The van der Waals surface area contributed by atoms with Crippen molar-refractivity contribution in [1.29, 1.82) is 0 Å². The van der Waals surface area contributed by atoms with Crippen molar-refractivity contribution in [2.75, 3.05) is 5.32 Å².